The third-order valence-corrected chi connectivity index (χ3v) is 4.53. The van der Waals surface area contributed by atoms with Gasteiger partial charge in [0.05, 0.1) is 13.3 Å². The highest BCUT2D eigenvalue weighted by atomic mass is 19.1. The van der Waals surface area contributed by atoms with Crippen molar-refractivity contribution in [1.82, 2.24) is 4.98 Å². The zero-order valence-electron chi connectivity index (χ0n) is 14.9. The van der Waals surface area contributed by atoms with E-state index in [4.69, 9.17) is 15.2 Å². The molecule has 0 bridgehead atoms. The van der Waals surface area contributed by atoms with Crippen LogP contribution in [0.25, 0.3) is 0 Å². The monoisotopic (exact) mass is 375 g/mol. The van der Waals surface area contributed by atoms with Crippen molar-refractivity contribution in [3.05, 3.63) is 59.2 Å². The molecule has 1 aromatic heterocycles. The highest BCUT2D eigenvalue weighted by Gasteiger charge is 2.42. The van der Waals surface area contributed by atoms with Crippen molar-refractivity contribution in [1.29, 1.82) is 0 Å². The molecule has 0 aliphatic carbocycles. The van der Waals surface area contributed by atoms with Gasteiger partial charge < -0.3 is 15.2 Å². The number of Topliss-reactive ketones (excluding diaryl/α,β-unsaturated/α-hetero) is 1. The Morgan fingerprint density at radius 2 is 2.19 bits per heavy atom. The van der Waals surface area contributed by atoms with Crippen LogP contribution in [0, 0.1) is 5.82 Å². The van der Waals surface area contributed by atoms with Gasteiger partial charge in [0.15, 0.2) is 12.0 Å². The second-order valence-electron chi connectivity index (χ2n) is 6.37. The summed E-state index contributed by atoms with van der Waals surface area (Å²) in [6, 6.07) is 7.08. The summed E-state index contributed by atoms with van der Waals surface area (Å²) in [4.78, 5) is 20.5. The summed E-state index contributed by atoms with van der Waals surface area (Å²) < 4.78 is 38.8. The van der Waals surface area contributed by atoms with E-state index in [-0.39, 0.29) is 36.1 Å². The molecular weight excluding hydrogens is 356 g/mol. The second kappa shape index (κ2) is 7.30. The number of pyridine rings is 1. The minimum atomic E-state index is -1.58. The number of hydrogen-bond donors (Lipinski definition) is 1. The van der Waals surface area contributed by atoms with Crippen molar-refractivity contribution in [3.8, 4) is 5.75 Å². The largest absolute Gasteiger partial charge is 0.495 e. The molecule has 0 spiro atoms. The fraction of sp³-hybridized carbons (Fsp3) is 0.316. The minimum absolute atomic E-state index is 0.0185. The number of benzene rings is 1. The maximum atomic E-state index is 14.5. The van der Waals surface area contributed by atoms with E-state index >= 15 is 0 Å². The Morgan fingerprint density at radius 1 is 1.41 bits per heavy atom. The first kappa shape index (κ1) is 18.8. The quantitative estimate of drug-likeness (QED) is 0.812. The van der Waals surface area contributed by atoms with Gasteiger partial charge in [-0.05, 0) is 36.8 Å². The molecule has 142 valence electrons. The first-order valence-corrected chi connectivity index (χ1v) is 8.28. The standard InChI is InChI=1S/C19H19F2N3O3/c1-19(17(21)10-27-18(22)24-19)13-7-11(3-5-14(13)20)8-16(25)15-6-4-12(26-2)9-23-15/h3-7,9,17H,8,10H2,1-2H3,(H2,22,24)/t17-,19+/m0/s1. The summed E-state index contributed by atoms with van der Waals surface area (Å²) in [5, 5.41) is 0. The van der Waals surface area contributed by atoms with Gasteiger partial charge in [0.25, 0.3) is 6.02 Å². The van der Waals surface area contributed by atoms with Crippen LogP contribution in [0.15, 0.2) is 41.5 Å². The van der Waals surface area contributed by atoms with Gasteiger partial charge in [-0.1, -0.05) is 6.07 Å². The summed E-state index contributed by atoms with van der Waals surface area (Å²) in [7, 11) is 1.50. The lowest BCUT2D eigenvalue weighted by Crippen LogP contribution is -2.43. The number of methoxy groups -OCH3 is 1. The number of nitrogens with zero attached hydrogens (tertiary/aromatic N) is 2. The van der Waals surface area contributed by atoms with Crippen LogP contribution in [0.5, 0.6) is 5.75 Å². The molecule has 0 fully saturated rings. The number of ketones is 1. The molecule has 3 rings (SSSR count). The molecule has 1 aromatic carbocycles. The molecule has 8 heteroatoms. The lowest BCUT2D eigenvalue weighted by atomic mass is 9.85. The average Bonchev–Trinajstić information content (AvgIpc) is 2.66. The Morgan fingerprint density at radius 3 is 2.85 bits per heavy atom. The number of aliphatic imine (C=N–C) groups is 1. The zero-order chi connectivity index (χ0) is 19.6. The van der Waals surface area contributed by atoms with Gasteiger partial charge in [0.1, 0.15) is 29.4 Å². The number of ether oxygens (including phenoxy) is 2. The average molecular weight is 375 g/mol. The van der Waals surface area contributed by atoms with Crippen LogP contribution in [0.4, 0.5) is 8.78 Å². The molecule has 2 aromatic rings. The van der Waals surface area contributed by atoms with Crippen molar-refractivity contribution in [3.63, 3.8) is 0 Å². The third-order valence-electron chi connectivity index (χ3n) is 4.53. The third kappa shape index (κ3) is 3.74. The second-order valence-corrected chi connectivity index (χ2v) is 6.37. The number of carbonyl (C=O) groups excluding carboxylic acids is 1. The summed E-state index contributed by atoms with van der Waals surface area (Å²) in [6.07, 6.45) is -0.152. The molecule has 1 aliphatic heterocycles. The SMILES string of the molecule is COc1ccc(C(=O)Cc2ccc(F)c([C@@]3(C)N=C(N)OC[C@@H]3F)c2)nc1. The van der Waals surface area contributed by atoms with Gasteiger partial charge in [-0.15, -0.1) is 0 Å². The highest BCUT2D eigenvalue weighted by molar-refractivity contribution is 5.95. The van der Waals surface area contributed by atoms with Crippen molar-refractivity contribution in [2.45, 2.75) is 25.1 Å². The number of aromatic nitrogens is 1. The Labute approximate surface area is 155 Å². The van der Waals surface area contributed by atoms with Gasteiger partial charge in [-0.3, -0.25) is 4.79 Å². The molecule has 0 saturated carbocycles. The first-order chi connectivity index (χ1) is 12.8. The van der Waals surface area contributed by atoms with Crippen LogP contribution in [-0.2, 0) is 16.7 Å². The van der Waals surface area contributed by atoms with E-state index in [2.05, 4.69) is 9.98 Å². The fourth-order valence-electron chi connectivity index (χ4n) is 2.89. The van der Waals surface area contributed by atoms with Crippen LogP contribution in [0.1, 0.15) is 28.5 Å². The molecule has 27 heavy (non-hydrogen) atoms. The molecule has 2 N–H and O–H groups in total. The minimum Gasteiger partial charge on any atom is -0.495 e. The molecule has 0 saturated heterocycles. The first-order valence-electron chi connectivity index (χ1n) is 8.28. The Balaban J connectivity index is 1.89. The van der Waals surface area contributed by atoms with E-state index in [0.717, 1.165) is 0 Å². The van der Waals surface area contributed by atoms with Crippen molar-refractivity contribution in [2.75, 3.05) is 13.7 Å². The lowest BCUT2D eigenvalue weighted by molar-refractivity contribution is 0.0921. The zero-order valence-corrected chi connectivity index (χ0v) is 14.9. The molecule has 2 atom stereocenters. The highest BCUT2D eigenvalue weighted by Crippen LogP contribution is 2.36. The maximum Gasteiger partial charge on any atom is 0.283 e. The van der Waals surface area contributed by atoms with Crippen LogP contribution in [-0.4, -0.2) is 36.7 Å². The predicted octanol–water partition coefficient (Wildman–Crippen LogP) is 2.55. The van der Waals surface area contributed by atoms with Crippen LogP contribution >= 0.6 is 0 Å². The number of carbonyl (C=O) groups is 1. The predicted molar refractivity (Wildman–Crippen MR) is 95.0 cm³/mol. The lowest BCUT2D eigenvalue weighted by Gasteiger charge is -2.33. The van der Waals surface area contributed by atoms with E-state index in [9.17, 15) is 13.6 Å². The molecule has 2 heterocycles. The smallest absolute Gasteiger partial charge is 0.283 e. The Bertz CT molecular complexity index is 886. The molecule has 6 nitrogen and oxygen atoms in total. The van der Waals surface area contributed by atoms with Gasteiger partial charge in [-0.2, -0.15) is 0 Å². The number of halogens is 2. The van der Waals surface area contributed by atoms with Crippen LogP contribution in [0.3, 0.4) is 0 Å². The summed E-state index contributed by atoms with van der Waals surface area (Å²) in [5.74, 6) is -0.350. The van der Waals surface area contributed by atoms with Gasteiger partial charge in [0.2, 0.25) is 0 Å². The van der Waals surface area contributed by atoms with Gasteiger partial charge in [-0.25, -0.2) is 18.8 Å². The topological polar surface area (TPSA) is 86.8 Å². The molecular formula is C19H19F2N3O3. The van der Waals surface area contributed by atoms with Gasteiger partial charge in [0, 0.05) is 12.0 Å². The fourth-order valence-corrected chi connectivity index (χ4v) is 2.89. The van der Waals surface area contributed by atoms with E-state index in [1.54, 1.807) is 12.1 Å². The molecule has 0 radical (unpaired) electrons. The Kier molecular flexibility index (Phi) is 5.07. The van der Waals surface area contributed by atoms with E-state index < -0.39 is 17.5 Å². The molecule has 0 unspecified atom stereocenters. The molecule has 0 amide bonds. The number of alkyl halides is 1. The van der Waals surface area contributed by atoms with Crippen molar-refractivity contribution in [2.24, 2.45) is 10.7 Å². The number of hydrogen-bond acceptors (Lipinski definition) is 6. The number of amidine groups is 1. The summed E-state index contributed by atoms with van der Waals surface area (Å²) in [5.41, 5.74) is 4.81. The summed E-state index contributed by atoms with van der Waals surface area (Å²) in [6.45, 7) is 1.13. The Hall–Kier alpha value is -3.03. The van der Waals surface area contributed by atoms with Crippen LogP contribution in [0.2, 0.25) is 0 Å². The molecule has 1 aliphatic rings. The summed E-state index contributed by atoms with van der Waals surface area (Å²) >= 11 is 0. The van der Waals surface area contributed by atoms with Crippen molar-refractivity contribution >= 4 is 11.8 Å². The van der Waals surface area contributed by atoms with E-state index in [1.807, 2.05) is 0 Å². The van der Waals surface area contributed by atoms with E-state index in [1.165, 1.54) is 38.4 Å². The van der Waals surface area contributed by atoms with Gasteiger partial charge >= 0.3 is 0 Å². The van der Waals surface area contributed by atoms with Crippen molar-refractivity contribution < 1.29 is 23.0 Å². The van der Waals surface area contributed by atoms with E-state index in [0.29, 0.717) is 11.3 Å². The number of rotatable bonds is 5. The normalized spacial score (nSPS) is 21.9. The maximum absolute atomic E-state index is 14.5. The number of nitrogens with two attached hydrogens (primary N) is 1. The van der Waals surface area contributed by atoms with Crippen LogP contribution < -0.4 is 10.5 Å².